The summed E-state index contributed by atoms with van der Waals surface area (Å²) in [6, 6.07) is 1.97. The SMILES string of the molecule is CC.Cc1cnc(Cn2ccc3c(Br)nc(N)nc32)c(C)c1Br. The minimum Gasteiger partial charge on any atom is -0.368 e. The van der Waals surface area contributed by atoms with Crippen molar-refractivity contribution in [3.05, 3.63) is 44.4 Å². The molecule has 0 radical (unpaired) electrons. The van der Waals surface area contributed by atoms with E-state index in [-0.39, 0.29) is 5.95 Å². The van der Waals surface area contributed by atoms with Gasteiger partial charge in [0.05, 0.1) is 17.6 Å². The van der Waals surface area contributed by atoms with Crippen LogP contribution in [0.2, 0.25) is 0 Å². The van der Waals surface area contributed by atoms with Crippen molar-refractivity contribution in [3.8, 4) is 0 Å². The van der Waals surface area contributed by atoms with E-state index in [9.17, 15) is 0 Å². The molecule has 0 saturated heterocycles. The number of hydrogen-bond donors (Lipinski definition) is 1. The van der Waals surface area contributed by atoms with Gasteiger partial charge in [0.1, 0.15) is 10.3 Å². The number of nitrogens with two attached hydrogens (primary N) is 1. The maximum absolute atomic E-state index is 5.73. The minimum absolute atomic E-state index is 0.254. The number of halogens is 2. The molecular weight excluding hydrogens is 422 g/mol. The van der Waals surface area contributed by atoms with Crippen molar-refractivity contribution in [3.63, 3.8) is 0 Å². The van der Waals surface area contributed by atoms with Crippen molar-refractivity contribution in [1.82, 2.24) is 19.5 Å². The van der Waals surface area contributed by atoms with Crippen molar-refractivity contribution in [2.24, 2.45) is 0 Å². The molecule has 2 N–H and O–H groups in total. The molecular formula is C16H19Br2N5. The summed E-state index contributed by atoms with van der Waals surface area (Å²) in [5, 5.41) is 0.938. The Bertz CT molecular complexity index is 842. The molecule has 5 nitrogen and oxygen atoms in total. The quantitative estimate of drug-likeness (QED) is 0.590. The topological polar surface area (TPSA) is 69.6 Å². The standard InChI is InChI=1S/C14H13Br2N5.C2H6/c1-7-5-18-10(8(2)11(7)15)6-21-4-3-9-12(16)19-14(17)20-13(9)21;1-2/h3-5H,6H2,1-2H3,(H2,17,19,20);1-2H3. The minimum atomic E-state index is 0.254. The van der Waals surface area contributed by atoms with Gasteiger partial charge < -0.3 is 10.3 Å². The van der Waals surface area contributed by atoms with Crippen LogP contribution in [-0.4, -0.2) is 19.5 Å². The Balaban J connectivity index is 0.000000924. The fraction of sp³-hybridized carbons (Fsp3) is 0.312. The van der Waals surface area contributed by atoms with Gasteiger partial charge in [-0.25, -0.2) is 4.98 Å². The molecule has 0 spiro atoms. The molecule has 122 valence electrons. The summed E-state index contributed by atoms with van der Waals surface area (Å²) in [5.41, 5.74) is 9.79. The second kappa shape index (κ2) is 7.40. The highest BCUT2D eigenvalue weighted by atomic mass is 79.9. The van der Waals surface area contributed by atoms with E-state index in [1.807, 2.05) is 43.8 Å². The number of rotatable bonds is 2. The summed E-state index contributed by atoms with van der Waals surface area (Å²) in [6.07, 6.45) is 3.84. The fourth-order valence-electron chi connectivity index (χ4n) is 2.24. The lowest BCUT2D eigenvalue weighted by Crippen LogP contribution is -2.06. The molecule has 0 aliphatic carbocycles. The first-order valence-electron chi connectivity index (χ1n) is 7.36. The van der Waals surface area contributed by atoms with Gasteiger partial charge in [0, 0.05) is 16.9 Å². The van der Waals surface area contributed by atoms with Crippen LogP contribution >= 0.6 is 31.9 Å². The van der Waals surface area contributed by atoms with E-state index in [1.165, 1.54) is 0 Å². The lowest BCUT2D eigenvalue weighted by molar-refractivity contribution is 0.787. The third-order valence-electron chi connectivity index (χ3n) is 3.43. The molecule has 0 aliphatic rings. The number of fused-ring (bicyclic) bond motifs is 1. The van der Waals surface area contributed by atoms with Crippen LogP contribution in [0.3, 0.4) is 0 Å². The molecule has 0 aromatic carbocycles. The highest BCUT2D eigenvalue weighted by Gasteiger charge is 2.12. The second-order valence-corrected chi connectivity index (χ2v) is 6.42. The molecule has 0 unspecified atom stereocenters. The molecule has 0 fully saturated rings. The van der Waals surface area contributed by atoms with Gasteiger partial charge in [-0.2, -0.15) is 4.98 Å². The largest absolute Gasteiger partial charge is 0.368 e. The van der Waals surface area contributed by atoms with Crippen molar-refractivity contribution >= 4 is 48.8 Å². The molecule has 0 bridgehead atoms. The van der Waals surface area contributed by atoms with Gasteiger partial charge in [-0.1, -0.05) is 29.8 Å². The van der Waals surface area contributed by atoms with Gasteiger partial charge in [-0.3, -0.25) is 4.98 Å². The monoisotopic (exact) mass is 439 g/mol. The smallest absolute Gasteiger partial charge is 0.223 e. The van der Waals surface area contributed by atoms with E-state index < -0.39 is 0 Å². The van der Waals surface area contributed by atoms with Crippen molar-refractivity contribution in [2.45, 2.75) is 34.2 Å². The van der Waals surface area contributed by atoms with Crippen LogP contribution in [-0.2, 0) is 6.54 Å². The van der Waals surface area contributed by atoms with E-state index in [0.29, 0.717) is 11.1 Å². The number of nitrogen functional groups attached to an aromatic ring is 1. The maximum atomic E-state index is 5.73. The first-order valence-corrected chi connectivity index (χ1v) is 8.94. The molecule has 3 aromatic rings. The third-order valence-corrected chi connectivity index (χ3v) is 5.26. The van der Waals surface area contributed by atoms with Crippen LogP contribution in [0.25, 0.3) is 11.0 Å². The van der Waals surface area contributed by atoms with Gasteiger partial charge in [-0.05, 0) is 47.0 Å². The average molecular weight is 441 g/mol. The van der Waals surface area contributed by atoms with Crippen LogP contribution in [0.1, 0.15) is 30.7 Å². The van der Waals surface area contributed by atoms with Crippen molar-refractivity contribution in [2.75, 3.05) is 5.73 Å². The molecule has 0 amide bonds. The first-order chi connectivity index (χ1) is 11.0. The normalized spacial score (nSPS) is 10.5. The van der Waals surface area contributed by atoms with E-state index in [1.54, 1.807) is 0 Å². The number of aromatic nitrogens is 4. The predicted octanol–water partition coefficient (Wildman–Crippen LogP) is 4.62. The maximum Gasteiger partial charge on any atom is 0.223 e. The predicted molar refractivity (Wildman–Crippen MR) is 102 cm³/mol. The second-order valence-electron chi connectivity index (χ2n) is 4.88. The molecule has 23 heavy (non-hydrogen) atoms. The molecule has 0 saturated carbocycles. The van der Waals surface area contributed by atoms with Gasteiger partial charge in [0.2, 0.25) is 5.95 Å². The zero-order valence-electron chi connectivity index (χ0n) is 13.6. The summed E-state index contributed by atoms with van der Waals surface area (Å²) in [4.78, 5) is 13.0. The van der Waals surface area contributed by atoms with Gasteiger partial charge in [-0.15, -0.1) is 0 Å². The number of anilines is 1. The molecule has 3 heterocycles. The van der Waals surface area contributed by atoms with Crippen LogP contribution in [0.4, 0.5) is 5.95 Å². The molecule has 3 rings (SSSR count). The Morgan fingerprint density at radius 1 is 1.17 bits per heavy atom. The first kappa shape index (κ1) is 17.9. The van der Waals surface area contributed by atoms with Crippen LogP contribution in [0.15, 0.2) is 27.5 Å². The number of hydrogen-bond acceptors (Lipinski definition) is 4. The highest BCUT2D eigenvalue weighted by Crippen LogP contribution is 2.26. The Labute approximate surface area is 152 Å². The van der Waals surface area contributed by atoms with Gasteiger partial charge in [0.15, 0.2) is 0 Å². The summed E-state index contributed by atoms with van der Waals surface area (Å²) in [5.74, 6) is 0.254. The number of pyridine rings is 1. The van der Waals surface area contributed by atoms with E-state index >= 15 is 0 Å². The lowest BCUT2D eigenvalue weighted by Gasteiger charge is -2.10. The van der Waals surface area contributed by atoms with Crippen LogP contribution < -0.4 is 5.73 Å². The third kappa shape index (κ3) is 3.55. The molecule has 7 heteroatoms. The average Bonchev–Trinajstić information content (AvgIpc) is 2.93. The lowest BCUT2D eigenvalue weighted by atomic mass is 10.1. The number of aryl methyl sites for hydroxylation is 1. The fourth-order valence-corrected chi connectivity index (χ4v) is 3.07. The summed E-state index contributed by atoms with van der Waals surface area (Å²) < 4.78 is 3.83. The molecule has 0 atom stereocenters. The summed E-state index contributed by atoms with van der Waals surface area (Å²) >= 11 is 7.02. The van der Waals surface area contributed by atoms with Gasteiger partial charge >= 0.3 is 0 Å². The van der Waals surface area contributed by atoms with Crippen LogP contribution in [0.5, 0.6) is 0 Å². The Hall–Kier alpha value is -1.47. The number of nitrogens with zero attached hydrogens (tertiary/aromatic N) is 4. The van der Waals surface area contributed by atoms with Gasteiger partial charge in [0.25, 0.3) is 0 Å². The Morgan fingerprint density at radius 2 is 1.87 bits per heavy atom. The van der Waals surface area contributed by atoms with E-state index in [4.69, 9.17) is 5.73 Å². The van der Waals surface area contributed by atoms with E-state index in [0.717, 1.165) is 32.3 Å². The molecule has 3 aromatic heterocycles. The Morgan fingerprint density at radius 3 is 2.57 bits per heavy atom. The highest BCUT2D eigenvalue weighted by molar-refractivity contribution is 9.10. The van der Waals surface area contributed by atoms with E-state index in [2.05, 4.69) is 53.7 Å². The summed E-state index contributed by atoms with van der Waals surface area (Å²) in [7, 11) is 0. The Kier molecular flexibility index (Phi) is 5.75. The zero-order chi connectivity index (χ0) is 17.1. The van der Waals surface area contributed by atoms with Crippen LogP contribution in [0, 0.1) is 13.8 Å². The molecule has 0 aliphatic heterocycles. The van der Waals surface area contributed by atoms with Crippen molar-refractivity contribution < 1.29 is 0 Å². The zero-order valence-corrected chi connectivity index (χ0v) is 16.7. The van der Waals surface area contributed by atoms with Crippen molar-refractivity contribution in [1.29, 1.82) is 0 Å². The summed E-state index contributed by atoms with van der Waals surface area (Å²) in [6.45, 7) is 8.73.